The molecule has 0 saturated carbocycles. The van der Waals surface area contributed by atoms with Crippen LogP contribution in [0.25, 0.3) is 0 Å². The molecular weight excluding hydrogens is 232 g/mol. The molecule has 0 unspecified atom stereocenters. The topological polar surface area (TPSA) is 33.2 Å². The van der Waals surface area contributed by atoms with E-state index < -0.39 is 0 Å². The maximum Gasteiger partial charge on any atom is 0.169 e. The highest BCUT2D eigenvalue weighted by Crippen LogP contribution is 2.16. The molecule has 2 rings (SSSR count). The van der Waals surface area contributed by atoms with Crippen molar-refractivity contribution in [2.45, 2.75) is 6.42 Å². The molecule has 1 heterocycles. The van der Waals surface area contributed by atoms with Gasteiger partial charge in [-0.25, -0.2) is 4.98 Å². The fourth-order valence-corrected chi connectivity index (χ4v) is 2.15. The van der Waals surface area contributed by atoms with Crippen LogP contribution >= 0.6 is 11.3 Å². The minimum Gasteiger partial charge on any atom is -0.378 e. The van der Waals surface area contributed by atoms with Crippen molar-refractivity contribution >= 4 is 22.8 Å². The Hall–Kier alpha value is -1.68. The Labute approximate surface area is 105 Å². The highest BCUT2D eigenvalue weighted by molar-refractivity contribution is 7.09. The molecule has 0 fully saturated rings. The van der Waals surface area contributed by atoms with Gasteiger partial charge in [-0.05, 0) is 12.1 Å². The van der Waals surface area contributed by atoms with E-state index in [0.717, 1.165) is 16.3 Å². The van der Waals surface area contributed by atoms with E-state index >= 15 is 0 Å². The molecule has 0 aliphatic carbocycles. The van der Waals surface area contributed by atoms with Gasteiger partial charge in [-0.15, -0.1) is 11.3 Å². The first kappa shape index (κ1) is 11.8. The lowest BCUT2D eigenvalue weighted by molar-refractivity contribution is 0.0993. The fourth-order valence-electron chi connectivity index (χ4n) is 1.54. The van der Waals surface area contributed by atoms with Gasteiger partial charge < -0.3 is 4.90 Å². The fraction of sp³-hybridized carbons (Fsp3) is 0.231. The molecule has 0 spiro atoms. The molecule has 0 N–H and O–H groups in total. The number of hydrogen-bond donors (Lipinski definition) is 0. The van der Waals surface area contributed by atoms with Crippen molar-refractivity contribution in [1.82, 2.24) is 4.98 Å². The minimum atomic E-state index is 0.114. The molecule has 0 saturated heterocycles. The van der Waals surface area contributed by atoms with E-state index in [2.05, 4.69) is 4.98 Å². The lowest BCUT2D eigenvalue weighted by Gasteiger charge is -2.12. The van der Waals surface area contributed by atoms with Crippen molar-refractivity contribution in [3.8, 4) is 0 Å². The second-order valence-corrected chi connectivity index (χ2v) is 4.95. The Morgan fingerprint density at radius 3 is 2.88 bits per heavy atom. The second-order valence-electron chi connectivity index (χ2n) is 3.97. The molecule has 88 valence electrons. The number of thiazole rings is 1. The van der Waals surface area contributed by atoms with Crippen LogP contribution in [0.5, 0.6) is 0 Å². The number of Topliss-reactive ketones (excluding diaryl/α,β-unsaturated/α-hetero) is 1. The average Bonchev–Trinajstić information content (AvgIpc) is 2.82. The summed E-state index contributed by atoms with van der Waals surface area (Å²) in [5, 5.41) is 2.75. The third kappa shape index (κ3) is 2.91. The van der Waals surface area contributed by atoms with Crippen LogP contribution in [0.2, 0.25) is 0 Å². The predicted molar refractivity (Wildman–Crippen MR) is 70.9 cm³/mol. The van der Waals surface area contributed by atoms with Crippen LogP contribution in [0.15, 0.2) is 35.8 Å². The summed E-state index contributed by atoms with van der Waals surface area (Å²) < 4.78 is 0. The van der Waals surface area contributed by atoms with Crippen LogP contribution in [0, 0.1) is 0 Å². The quantitative estimate of drug-likeness (QED) is 0.778. The van der Waals surface area contributed by atoms with Gasteiger partial charge in [-0.2, -0.15) is 0 Å². The molecule has 2 aromatic rings. The lowest BCUT2D eigenvalue weighted by atomic mass is 10.1. The molecule has 0 aliphatic rings. The number of benzene rings is 1. The Morgan fingerprint density at radius 2 is 2.24 bits per heavy atom. The number of nitrogens with zero attached hydrogens (tertiary/aromatic N) is 2. The van der Waals surface area contributed by atoms with Crippen molar-refractivity contribution < 1.29 is 4.79 Å². The van der Waals surface area contributed by atoms with Crippen molar-refractivity contribution in [1.29, 1.82) is 0 Å². The zero-order chi connectivity index (χ0) is 12.3. The van der Waals surface area contributed by atoms with Crippen molar-refractivity contribution in [3.05, 3.63) is 46.4 Å². The average molecular weight is 246 g/mol. The van der Waals surface area contributed by atoms with E-state index in [1.807, 2.05) is 48.6 Å². The van der Waals surface area contributed by atoms with Gasteiger partial charge in [0.05, 0.1) is 6.42 Å². The van der Waals surface area contributed by atoms with Gasteiger partial charge in [0.2, 0.25) is 0 Å². The molecule has 1 aromatic heterocycles. The SMILES string of the molecule is CN(C)c1cccc(C(=O)Cc2nccs2)c1. The summed E-state index contributed by atoms with van der Waals surface area (Å²) in [5.41, 5.74) is 1.78. The van der Waals surface area contributed by atoms with Crippen LogP contribution in [-0.2, 0) is 6.42 Å². The lowest BCUT2D eigenvalue weighted by Crippen LogP contribution is -2.10. The predicted octanol–water partition coefficient (Wildman–Crippen LogP) is 2.63. The summed E-state index contributed by atoms with van der Waals surface area (Å²) in [7, 11) is 3.93. The molecular formula is C13H14N2OS. The summed E-state index contributed by atoms with van der Waals surface area (Å²) in [6.07, 6.45) is 2.11. The van der Waals surface area contributed by atoms with E-state index in [1.54, 1.807) is 6.20 Å². The Kier molecular flexibility index (Phi) is 3.54. The van der Waals surface area contributed by atoms with Crippen molar-refractivity contribution in [2.24, 2.45) is 0 Å². The van der Waals surface area contributed by atoms with E-state index in [1.165, 1.54) is 11.3 Å². The highest BCUT2D eigenvalue weighted by Gasteiger charge is 2.09. The molecule has 0 radical (unpaired) electrons. The molecule has 0 amide bonds. The van der Waals surface area contributed by atoms with Gasteiger partial charge in [0.15, 0.2) is 5.78 Å². The van der Waals surface area contributed by atoms with E-state index in [0.29, 0.717) is 6.42 Å². The largest absolute Gasteiger partial charge is 0.378 e. The van der Waals surface area contributed by atoms with Crippen LogP contribution < -0.4 is 4.90 Å². The Bertz CT molecular complexity index is 506. The Balaban J connectivity index is 2.16. The van der Waals surface area contributed by atoms with Crippen LogP contribution in [0.1, 0.15) is 15.4 Å². The van der Waals surface area contributed by atoms with Gasteiger partial charge in [0.1, 0.15) is 5.01 Å². The number of anilines is 1. The molecule has 1 aromatic carbocycles. The maximum absolute atomic E-state index is 12.0. The molecule has 17 heavy (non-hydrogen) atoms. The third-order valence-electron chi connectivity index (χ3n) is 2.48. The van der Waals surface area contributed by atoms with Gasteiger partial charge in [-0.1, -0.05) is 12.1 Å². The van der Waals surface area contributed by atoms with E-state index in [4.69, 9.17) is 0 Å². The highest BCUT2D eigenvalue weighted by atomic mass is 32.1. The van der Waals surface area contributed by atoms with E-state index in [-0.39, 0.29) is 5.78 Å². The number of hydrogen-bond acceptors (Lipinski definition) is 4. The molecule has 3 nitrogen and oxygen atoms in total. The monoisotopic (exact) mass is 246 g/mol. The summed E-state index contributed by atoms with van der Waals surface area (Å²) in [6.45, 7) is 0. The van der Waals surface area contributed by atoms with Crippen molar-refractivity contribution in [2.75, 3.05) is 19.0 Å². The summed E-state index contributed by atoms with van der Waals surface area (Å²) in [4.78, 5) is 18.1. The maximum atomic E-state index is 12.0. The first-order valence-corrected chi connectivity index (χ1v) is 6.24. The minimum absolute atomic E-state index is 0.114. The van der Waals surface area contributed by atoms with Crippen LogP contribution in [0.3, 0.4) is 0 Å². The number of aromatic nitrogens is 1. The first-order valence-electron chi connectivity index (χ1n) is 5.36. The zero-order valence-electron chi connectivity index (χ0n) is 9.88. The normalized spacial score (nSPS) is 10.2. The number of rotatable bonds is 4. The number of ketones is 1. The summed E-state index contributed by atoms with van der Waals surface area (Å²) in [5.74, 6) is 0.114. The second kappa shape index (κ2) is 5.10. The third-order valence-corrected chi connectivity index (χ3v) is 3.26. The number of carbonyl (C=O) groups excluding carboxylic acids is 1. The molecule has 4 heteroatoms. The molecule has 0 bridgehead atoms. The van der Waals surface area contributed by atoms with Gasteiger partial charge >= 0.3 is 0 Å². The Morgan fingerprint density at radius 1 is 1.41 bits per heavy atom. The molecule has 0 atom stereocenters. The summed E-state index contributed by atoms with van der Waals surface area (Å²) in [6, 6.07) is 7.66. The molecule has 0 aliphatic heterocycles. The van der Waals surface area contributed by atoms with Crippen LogP contribution in [0.4, 0.5) is 5.69 Å². The van der Waals surface area contributed by atoms with Crippen LogP contribution in [-0.4, -0.2) is 24.9 Å². The zero-order valence-corrected chi connectivity index (χ0v) is 10.7. The number of carbonyl (C=O) groups is 1. The standard InChI is InChI=1S/C13H14N2OS/c1-15(2)11-5-3-4-10(8-11)12(16)9-13-14-6-7-17-13/h3-8H,9H2,1-2H3. The smallest absolute Gasteiger partial charge is 0.169 e. The van der Waals surface area contributed by atoms with Gasteiger partial charge in [-0.3, -0.25) is 4.79 Å². The van der Waals surface area contributed by atoms with Gasteiger partial charge in [0.25, 0.3) is 0 Å². The summed E-state index contributed by atoms with van der Waals surface area (Å²) >= 11 is 1.51. The first-order chi connectivity index (χ1) is 8.16. The van der Waals surface area contributed by atoms with E-state index in [9.17, 15) is 4.79 Å². The van der Waals surface area contributed by atoms with Crippen molar-refractivity contribution in [3.63, 3.8) is 0 Å². The van der Waals surface area contributed by atoms with Gasteiger partial charge in [0, 0.05) is 36.9 Å².